The van der Waals surface area contributed by atoms with E-state index in [1.165, 1.54) is 11.3 Å². The highest BCUT2D eigenvalue weighted by Gasteiger charge is 2.15. The number of hydrogen-bond acceptors (Lipinski definition) is 3. The lowest BCUT2D eigenvalue weighted by molar-refractivity contribution is 0.659. The van der Waals surface area contributed by atoms with Crippen LogP contribution in [0.5, 0.6) is 0 Å². The first kappa shape index (κ1) is 9.31. The van der Waals surface area contributed by atoms with Crippen LogP contribution in [0, 0.1) is 6.92 Å². The third kappa shape index (κ3) is 1.67. The van der Waals surface area contributed by atoms with Gasteiger partial charge in [0.1, 0.15) is 5.82 Å². The molecule has 0 radical (unpaired) electrons. The van der Waals surface area contributed by atoms with Gasteiger partial charge in [-0.3, -0.25) is 0 Å². The van der Waals surface area contributed by atoms with E-state index in [9.17, 15) is 0 Å². The molecule has 1 unspecified atom stereocenters. The third-order valence-corrected chi connectivity index (χ3v) is 2.79. The largest absolute Gasteiger partial charge is 0.382 e. The fraction of sp³-hybridized carbons (Fsp3) is 0.545. The maximum atomic E-state index is 4.36. The van der Waals surface area contributed by atoms with Gasteiger partial charge in [0.05, 0.1) is 5.69 Å². The SMILES string of the molecule is CCC1CCNc2c(C)ccnc2N1. The number of aryl methyl sites for hydroxylation is 1. The third-order valence-electron chi connectivity index (χ3n) is 2.79. The molecule has 76 valence electrons. The maximum Gasteiger partial charge on any atom is 0.149 e. The van der Waals surface area contributed by atoms with Crippen LogP contribution < -0.4 is 10.6 Å². The van der Waals surface area contributed by atoms with E-state index < -0.39 is 0 Å². The Bertz CT molecular complexity index is 322. The van der Waals surface area contributed by atoms with Gasteiger partial charge >= 0.3 is 0 Å². The lowest BCUT2D eigenvalue weighted by atomic mass is 10.1. The van der Waals surface area contributed by atoms with Gasteiger partial charge in [0, 0.05) is 18.8 Å². The summed E-state index contributed by atoms with van der Waals surface area (Å²) in [6.45, 7) is 5.35. The van der Waals surface area contributed by atoms with E-state index in [2.05, 4.69) is 29.5 Å². The summed E-state index contributed by atoms with van der Waals surface area (Å²) in [7, 11) is 0. The maximum absolute atomic E-state index is 4.36. The number of rotatable bonds is 1. The molecule has 0 saturated carbocycles. The molecule has 0 saturated heterocycles. The summed E-state index contributed by atoms with van der Waals surface area (Å²) in [4.78, 5) is 4.36. The van der Waals surface area contributed by atoms with Crippen molar-refractivity contribution in [2.45, 2.75) is 32.7 Å². The molecule has 0 aliphatic carbocycles. The van der Waals surface area contributed by atoms with Crippen molar-refractivity contribution in [3.05, 3.63) is 17.8 Å². The molecule has 1 aliphatic heterocycles. The summed E-state index contributed by atoms with van der Waals surface area (Å²) in [5.74, 6) is 1.01. The topological polar surface area (TPSA) is 37.0 Å². The van der Waals surface area contributed by atoms with Crippen LogP contribution in [-0.2, 0) is 0 Å². The lowest BCUT2D eigenvalue weighted by Gasteiger charge is -2.14. The average molecular weight is 191 g/mol. The van der Waals surface area contributed by atoms with Crippen molar-refractivity contribution in [3.63, 3.8) is 0 Å². The minimum atomic E-state index is 0.554. The highest BCUT2D eigenvalue weighted by atomic mass is 15.1. The molecule has 0 aromatic carbocycles. The number of fused-ring (bicyclic) bond motifs is 1. The smallest absolute Gasteiger partial charge is 0.149 e. The van der Waals surface area contributed by atoms with Crippen molar-refractivity contribution in [1.29, 1.82) is 0 Å². The molecule has 3 nitrogen and oxygen atoms in total. The van der Waals surface area contributed by atoms with Gasteiger partial charge in [0.15, 0.2) is 0 Å². The average Bonchev–Trinajstić information content (AvgIpc) is 2.40. The number of nitrogens with one attached hydrogen (secondary N) is 2. The van der Waals surface area contributed by atoms with Gasteiger partial charge < -0.3 is 10.6 Å². The van der Waals surface area contributed by atoms with Crippen LogP contribution in [0.3, 0.4) is 0 Å². The summed E-state index contributed by atoms with van der Waals surface area (Å²) in [6.07, 6.45) is 4.17. The van der Waals surface area contributed by atoms with Crippen LogP contribution in [0.4, 0.5) is 11.5 Å². The molecule has 0 spiro atoms. The van der Waals surface area contributed by atoms with E-state index in [4.69, 9.17) is 0 Å². The highest BCUT2D eigenvalue weighted by molar-refractivity contribution is 5.69. The van der Waals surface area contributed by atoms with E-state index >= 15 is 0 Å². The van der Waals surface area contributed by atoms with Gasteiger partial charge in [-0.1, -0.05) is 6.92 Å². The minimum Gasteiger partial charge on any atom is -0.382 e. The van der Waals surface area contributed by atoms with Crippen LogP contribution in [0.25, 0.3) is 0 Å². The fourth-order valence-corrected chi connectivity index (χ4v) is 1.83. The van der Waals surface area contributed by atoms with Gasteiger partial charge in [0.2, 0.25) is 0 Å². The highest BCUT2D eigenvalue weighted by Crippen LogP contribution is 2.26. The molecular formula is C11H17N3. The molecule has 2 heterocycles. The summed E-state index contributed by atoms with van der Waals surface area (Å²) in [5, 5.41) is 6.91. The molecule has 3 heteroatoms. The van der Waals surface area contributed by atoms with Gasteiger partial charge in [-0.2, -0.15) is 0 Å². The second-order valence-electron chi connectivity index (χ2n) is 3.82. The number of hydrogen-bond donors (Lipinski definition) is 2. The molecule has 1 aromatic heterocycles. The molecule has 0 fully saturated rings. The number of nitrogens with zero attached hydrogens (tertiary/aromatic N) is 1. The molecular weight excluding hydrogens is 174 g/mol. The normalized spacial score (nSPS) is 20.3. The molecule has 0 amide bonds. The first-order chi connectivity index (χ1) is 6.81. The molecule has 1 aromatic rings. The molecule has 0 bridgehead atoms. The summed E-state index contributed by atoms with van der Waals surface area (Å²) in [5.41, 5.74) is 2.43. The Morgan fingerprint density at radius 3 is 3.21 bits per heavy atom. The quantitative estimate of drug-likeness (QED) is 0.715. The van der Waals surface area contributed by atoms with Crippen molar-refractivity contribution in [2.24, 2.45) is 0 Å². The van der Waals surface area contributed by atoms with Crippen molar-refractivity contribution >= 4 is 11.5 Å². The number of anilines is 2. The van der Waals surface area contributed by atoms with Crippen LogP contribution in [-0.4, -0.2) is 17.6 Å². The lowest BCUT2D eigenvalue weighted by Crippen LogP contribution is -2.18. The Balaban J connectivity index is 2.32. The van der Waals surface area contributed by atoms with E-state index in [1.807, 2.05) is 12.3 Å². The van der Waals surface area contributed by atoms with Crippen LogP contribution in [0.15, 0.2) is 12.3 Å². The number of pyridine rings is 1. The predicted octanol–water partition coefficient (Wildman–Crippen LogP) is 2.40. The zero-order chi connectivity index (χ0) is 9.97. The van der Waals surface area contributed by atoms with Crippen LogP contribution >= 0.6 is 0 Å². The Morgan fingerprint density at radius 1 is 1.57 bits per heavy atom. The zero-order valence-corrected chi connectivity index (χ0v) is 8.80. The van der Waals surface area contributed by atoms with Gasteiger partial charge in [-0.25, -0.2) is 4.98 Å². The second kappa shape index (κ2) is 3.86. The number of aromatic nitrogens is 1. The first-order valence-electron chi connectivity index (χ1n) is 5.27. The Morgan fingerprint density at radius 2 is 2.43 bits per heavy atom. The van der Waals surface area contributed by atoms with E-state index in [0.717, 1.165) is 25.2 Å². The van der Waals surface area contributed by atoms with Crippen molar-refractivity contribution in [1.82, 2.24) is 4.98 Å². The Kier molecular flexibility index (Phi) is 2.57. The van der Waals surface area contributed by atoms with E-state index in [0.29, 0.717) is 6.04 Å². The molecule has 1 aliphatic rings. The molecule has 1 atom stereocenters. The monoisotopic (exact) mass is 191 g/mol. The molecule has 2 rings (SSSR count). The van der Waals surface area contributed by atoms with Gasteiger partial charge in [-0.05, 0) is 31.4 Å². The van der Waals surface area contributed by atoms with E-state index in [-0.39, 0.29) is 0 Å². The predicted molar refractivity (Wildman–Crippen MR) is 59.8 cm³/mol. The standard InChI is InChI=1S/C11H17N3/c1-3-9-5-7-12-10-8(2)4-6-13-11(10)14-9/h4,6,9,12H,3,5,7H2,1-2H3,(H,13,14). The van der Waals surface area contributed by atoms with Crippen LogP contribution in [0.1, 0.15) is 25.3 Å². The van der Waals surface area contributed by atoms with Crippen molar-refractivity contribution in [2.75, 3.05) is 17.2 Å². The summed E-state index contributed by atoms with van der Waals surface area (Å²) < 4.78 is 0. The van der Waals surface area contributed by atoms with E-state index in [1.54, 1.807) is 0 Å². The van der Waals surface area contributed by atoms with Crippen LogP contribution in [0.2, 0.25) is 0 Å². The summed E-state index contributed by atoms with van der Waals surface area (Å²) in [6, 6.07) is 2.60. The minimum absolute atomic E-state index is 0.554. The Hall–Kier alpha value is -1.25. The fourth-order valence-electron chi connectivity index (χ4n) is 1.83. The van der Waals surface area contributed by atoms with Gasteiger partial charge in [0.25, 0.3) is 0 Å². The molecule has 2 N–H and O–H groups in total. The molecule has 14 heavy (non-hydrogen) atoms. The first-order valence-corrected chi connectivity index (χ1v) is 5.27. The Labute approximate surface area is 84.9 Å². The van der Waals surface area contributed by atoms with Crippen molar-refractivity contribution < 1.29 is 0 Å². The zero-order valence-electron chi connectivity index (χ0n) is 8.80. The van der Waals surface area contributed by atoms with Gasteiger partial charge in [-0.15, -0.1) is 0 Å². The van der Waals surface area contributed by atoms with Crippen molar-refractivity contribution in [3.8, 4) is 0 Å². The second-order valence-corrected chi connectivity index (χ2v) is 3.82. The summed E-state index contributed by atoms with van der Waals surface area (Å²) >= 11 is 0.